The first-order valence-electron chi connectivity index (χ1n) is 6.14. The van der Waals surface area contributed by atoms with Gasteiger partial charge in [0.25, 0.3) is 0 Å². The molecule has 0 spiro atoms. The van der Waals surface area contributed by atoms with E-state index in [9.17, 15) is 0 Å². The number of pyridine rings is 1. The van der Waals surface area contributed by atoms with Crippen LogP contribution in [0.4, 0.5) is 0 Å². The minimum Gasteiger partial charge on any atom is -0.295 e. The molecule has 4 atom stereocenters. The van der Waals surface area contributed by atoms with Gasteiger partial charge >= 0.3 is 0 Å². The van der Waals surface area contributed by atoms with Crippen LogP contribution in [0, 0.1) is 0 Å². The van der Waals surface area contributed by atoms with Crippen LogP contribution in [0.3, 0.4) is 0 Å². The molecule has 0 bridgehead atoms. The first-order chi connectivity index (χ1) is 8.76. The molecule has 0 aliphatic carbocycles. The minimum atomic E-state index is -0.193. The van der Waals surface area contributed by atoms with E-state index in [1.165, 1.54) is 23.0 Å². The summed E-state index contributed by atoms with van der Waals surface area (Å²) in [7, 11) is 6.52. The van der Waals surface area contributed by atoms with Gasteiger partial charge in [-0.1, -0.05) is 27.0 Å². The fraction of sp³-hybridized carbons (Fsp3) is 0.417. The number of aromatic nitrogens is 1. The molecule has 1 aliphatic rings. The topological polar surface area (TPSA) is 16.1 Å². The fourth-order valence-electron chi connectivity index (χ4n) is 2.19. The molecule has 0 saturated heterocycles. The summed E-state index contributed by atoms with van der Waals surface area (Å²) in [6, 6.07) is 2.14. The first kappa shape index (κ1) is 15.0. The van der Waals surface area contributed by atoms with Crippen molar-refractivity contribution in [1.82, 2.24) is 9.88 Å². The molecular formula is C12H20N2P4. The molecule has 1 aliphatic heterocycles. The molecular weight excluding hydrogens is 296 g/mol. The number of fused-ring (bicyclic) bond motifs is 1. The highest BCUT2D eigenvalue weighted by atomic mass is 32.6. The van der Waals surface area contributed by atoms with Gasteiger partial charge in [-0.05, 0) is 31.9 Å². The van der Waals surface area contributed by atoms with E-state index in [0.717, 1.165) is 27.6 Å². The third-order valence-electron chi connectivity index (χ3n) is 3.02. The van der Waals surface area contributed by atoms with Gasteiger partial charge in [0, 0.05) is 24.8 Å². The predicted octanol–water partition coefficient (Wildman–Crippen LogP) is 3.60. The Balaban J connectivity index is 2.35. The van der Waals surface area contributed by atoms with E-state index in [-0.39, 0.29) is 7.30 Å². The molecule has 0 radical (unpaired) electrons. The summed E-state index contributed by atoms with van der Waals surface area (Å²) in [4.78, 5) is 7.15. The zero-order valence-electron chi connectivity index (χ0n) is 10.6. The van der Waals surface area contributed by atoms with Crippen LogP contribution in [0.25, 0.3) is 6.08 Å². The number of rotatable bonds is 4. The van der Waals surface area contributed by atoms with Crippen molar-refractivity contribution in [2.75, 3.05) is 13.1 Å². The summed E-state index contributed by atoms with van der Waals surface area (Å²) in [5.74, 6) is 0. The average Bonchev–Trinajstić information content (AvgIpc) is 2.59. The van der Waals surface area contributed by atoms with Crippen LogP contribution < -0.4 is 5.44 Å². The standard InChI is InChI=1S/C12H20N2P4/c1-2-7-14-8-3-4-10-5-6-13-12(11(10)9-14)18(16)17-15/h3-6,17H,2,7-9,15-16H2,1H3. The maximum absolute atomic E-state index is 4.64. The lowest BCUT2D eigenvalue weighted by Crippen LogP contribution is -2.26. The Morgan fingerprint density at radius 3 is 3.11 bits per heavy atom. The summed E-state index contributed by atoms with van der Waals surface area (Å²) >= 11 is 0. The monoisotopic (exact) mass is 316 g/mol. The van der Waals surface area contributed by atoms with Crippen molar-refractivity contribution in [2.24, 2.45) is 0 Å². The number of hydrogen-bond donors (Lipinski definition) is 0. The molecule has 0 fully saturated rings. The van der Waals surface area contributed by atoms with Crippen molar-refractivity contribution in [3.05, 3.63) is 29.5 Å². The third-order valence-corrected chi connectivity index (χ3v) is 12.9. The third kappa shape index (κ3) is 3.56. The van der Waals surface area contributed by atoms with Crippen LogP contribution in [0.5, 0.6) is 0 Å². The van der Waals surface area contributed by atoms with Crippen LogP contribution >= 0.6 is 33.1 Å². The summed E-state index contributed by atoms with van der Waals surface area (Å²) in [6.45, 7) is 5.50. The Labute approximate surface area is 117 Å². The van der Waals surface area contributed by atoms with Gasteiger partial charge in [0.1, 0.15) is 0 Å². The second-order valence-corrected chi connectivity index (χ2v) is 13.4. The molecule has 0 N–H and O–H groups in total. The average molecular weight is 316 g/mol. The van der Waals surface area contributed by atoms with Crippen LogP contribution in [-0.4, -0.2) is 23.0 Å². The van der Waals surface area contributed by atoms with Crippen LogP contribution in [0.15, 0.2) is 18.3 Å². The van der Waals surface area contributed by atoms with Gasteiger partial charge in [-0.15, -0.1) is 17.9 Å². The Hall–Kier alpha value is 0.570. The van der Waals surface area contributed by atoms with Gasteiger partial charge in [-0.2, -0.15) is 0 Å². The fourth-order valence-corrected chi connectivity index (χ4v) is 5.70. The molecule has 0 amide bonds. The minimum absolute atomic E-state index is 0.193. The normalized spacial score (nSPS) is 17.9. The Kier molecular flexibility index (Phi) is 6.14. The van der Waals surface area contributed by atoms with Crippen molar-refractivity contribution < 1.29 is 0 Å². The van der Waals surface area contributed by atoms with Gasteiger partial charge < -0.3 is 0 Å². The van der Waals surface area contributed by atoms with Crippen LogP contribution in [0.1, 0.15) is 24.5 Å². The van der Waals surface area contributed by atoms with E-state index in [2.05, 4.69) is 52.9 Å². The molecule has 2 rings (SSSR count). The highest BCUT2D eigenvalue weighted by Crippen LogP contribution is 2.64. The summed E-state index contributed by atoms with van der Waals surface area (Å²) < 4.78 is 0. The summed E-state index contributed by atoms with van der Waals surface area (Å²) in [6.07, 6.45) is 7.70. The number of hydrogen-bond acceptors (Lipinski definition) is 2. The molecule has 6 heteroatoms. The summed E-state index contributed by atoms with van der Waals surface area (Å²) in [5.41, 5.74) is 4.11. The SMILES string of the molecule is CCCN1CC=Cc2ccnc(P(P)PP)c2C1. The molecule has 2 nitrogen and oxygen atoms in total. The maximum atomic E-state index is 4.64. The van der Waals surface area contributed by atoms with Crippen molar-refractivity contribution in [3.63, 3.8) is 0 Å². The zero-order valence-corrected chi connectivity index (χ0v) is 14.8. The second-order valence-electron chi connectivity index (χ2n) is 4.34. The molecule has 4 unspecified atom stereocenters. The van der Waals surface area contributed by atoms with Crippen molar-refractivity contribution in [3.8, 4) is 0 Å². The lowest BCUT2D eigenvalue weighted by molar-refractivity contribution is 0.297. The first-order valence-corrected chi connectivity index (χ1v) is 12.7. The highest BCUT2D eigenvalue weighted by Gasteiger charge is 2.17. The van der Waals surface area contributed by atoms with Gasteiger partial charge in [0.05, 0.1) is 5.44 Å². The molecule has 2 heterocycles. The van der Waals surface area contributed by atoms with Gasteiger partial charge in [-0.3, -0.25) is 9.88 Å². The maximum Gasteiger partial charge on any atom is 0.0763 e. The lowest BCUT2D eigenvalue weighted by atomic mass is 10.1. The van der Waals surface area contributed by atoms with E-state index < -0.39 is 0 Å². The van der Waals surface area contributed by atoms with Crippen LogP contribution in [0.2, 0.25) is 0 Å². The molecule has 1 aromatic heterocycles. The van der Waals surface area contributed by atoms with E-state index >= 15 is 0 Å². The van der Waals surface area contributed by atoms with Crippen molar-refractivity contribution in [1.29, 1.82) is 0 Å². The smallest absolute Gasteiger partial charge is 0.0763 e. The Bertz CT molecular complexity index is 436. The lowest BCUT2D eigenvalue weighted by Gasteiger charge is -2.22. The molecule has 0 saturated carbocycles. The van der Waals surface area contributed by atoms with Crippen LogP contribution in [-0.2, 0) is 6.54 Å². The van der Waals surface area contributed by atoms with Crippen molar-refractivity contribution in [2.45, 2.75) is 19.9 Å². The second kappa shape index (κ2) is 7.38. The molecule has 1 aromatic rings. The van der Waals surface area contributed by atoms with E-state index in [1.807, 2.05) is 6.20 Å². The van der Waals surface area contributed by atoms with E-state index in [4.69, 9.17) is 0 Å². The zero-order chi connectivity index (χ0) is 13.0. The largest absolute Gasteiger partial charge is 0.295 e. The van der Waals surface area contributed by atoms with E-state index in [1.54, 1.807) is 0 Å². The van der Waals surface area contributed by atoms with E-state index in [0.29, 0.717) is 0 Å². The highest BCUT2D eigenvalue weighted by molar-refractivity contribution is 8.63. The Morgan fingerprint density at radius 1 is 1.56 bits per heavy atom. The van der Waals surface area contributed by atoms with Gasteiger partial charge in [0.15, 0.2) is 0 Å². The quantitative estimate of drug-likeness (QED) is 0.789. The summed E-state index contributed by atoms with van der Waals surface area (Å²) in [5, 5.41) is 0. The predicted molar refractivity (Wildman–Crippen MR) is 93.1 cm³/mol. The number of nitrogens with zero attached hydrogens (tertiary/aromatic N) is 2. The molecule has 0 aromatic carbocycles. The van der Waals surface area contributed by atoms with Crippen molar-refractivity contribution >= 4 is 44.6 Å². The van der Waals surface area contributed by atoms with Gasteiger partial charge in [0.2, 0.25) is 0 Å². The van der Waals surface area contributed by atoms with Gasteiger partial charge in [-0.25, -0.2) is 0 Å². The Morgan fingerprint density at radius 2 is 2.39 bits per heavy atom. The molecule has 18 heavy (non-hydrogen) atoms. The molecule has 98 valence electrons.